The van der Waals surface area contributed by atoms with Gasteiger partial charge in [0, 0.05) is 17.3 Å². The van der Waals surface area contributed by atoms with Crippen molar-refractivity contribution in [1.82, 2.24) is 0 Å². The van der Waals surface area contributed by atoms with Crippen molar-refractivity contribution in [2.75, 3.05) is 11.9 Å². The lowest BCUT2D eigenvalue weighted by Gasteiger charge is -2.10. The molecule has 2 nitrogen and oxygen atoms in total. The van der Waals surface area contributed by atoms with Gasteiger partial charge in [0.05, 0.1) is 11.6 Å². The Hall–Kier alpha value is -1.38. The Labute approximate surface area is 129 Å². The smallest absolute Gasteiger partial charge is 0.138 e. The van der Waals surface area contributed by atoms with Crippen molar-refractivity contribution in [2.45, 2.75) is 19.9 Å². The second-order valence-electron chi connectivity index (χ2n) is 4.47. The van der Waals surface area contributed by atoms with Gasteiger partial charge in [-0.3, -0.25) is 0 Å². The summed E-state index contributed by atoms with van der Waals surface area (Å²) in [5.41, 5.74) is 2.13. The van der Waals surface area contributed by atoms with Crippen molar-refractivity contribution in [3.8, 4) is 5.75 Å². The molecule has 4 heteroatoms. The number of anilines is 1. The molecule has 0 fully saturated rings. The van der Waals surface area contributed by atoms with Gasteiger partial charge in [0.15, 0.2) is 0 Å². The van der Waals surface area contributed by atoms with E-state index in [0.717, 1.165) is 35.0 Å². The normalized spacial score (nSPS) is 10.3. The van der Waals surface area contributed by atoms with Crippen LogP contribution in [0.4, 0.5) is 5.69 Å². The van der Waals surface area contributed by atoms with E-state index in [1.807, 2.05) is 42.5 Å². The Bertz CT molecular complexity index is 555. The number of halogens is 2. The van der Waals surface area contributed by atoms with Crippen LogP contribution in [0.1, 0.15) is 18.9 Å². The summed E-state index contributed by atoms with van der Waals surface area (Å²) in [5, 5.41) is 4.69. The number of benzene rings is 2. The molecule has 20 heavy (non-hydrogen) atoms. The van der Waals surface area contributed by atoms with E-state index in [9.17, 15) is 0 Å². The van der Waals surface area contributed by atoms with Crippen molar-refractivity contribution >= 4 is 28.9 Å². The van der Waals surface area contributed by atoms with Gasteiger partial charge in [0.1, 0.15) is 5.75 Å². The van der Waals surface area contributed by atoms with Gasteiger partial charge in [-0.05, 0) is 42.3 Å². The van der Waals surface area contributed by atoms with Crippen LogP contribution in [0.5, 0.6) is 5.75 Å². The van der Waals surface area contributed by atoms with Gasteiger partial charge in [-0.2, -0.15) is 0 Å². The molecule has 0 spiro atoms. The maximum absolute atomic E-state index is 6.19. The molecular weight excluding hydrogens is 293 g/mol. The highest BCUT2D eigenvalue weighted by Crippen LogP contribution is 2.28. The van der Waals surface area contributed by atoms with Crippen LogP contribution in [0.3, 0.4) is 0 Å². The SMILES string of the molecule is CCCOc1ccc(NCc2ccc(Cl)cc2)cc1Cl. The van der Waals surface area contributed by atoms with E-state index in [1.165, 1.54) is 0 Å². The standard InChI is InChI=1S/C16H17Cl2NO/c1-2-9-20-16-8-7-14(10-15(16)18)19-11-12-3-5-13(17)6-4-12/h3-8,10,19H,2,9,11H2,1H3. The van der Waals surface area contributed by atoms with Crippen LogP contribution in [0, 0.1) is 0 Å². The van der Waals surface area contributed by atoms with E-state index in [4.69, 9.17) is 27.9 Å². The topological polar surface area (TPSA) is 21.3 Å². The maximum atomic E-state index is 6.19. The van der Waals surface area contributed by atoms with Crippen LogP contribution in [0.2, 0.25) is 10.0 Å². The van der Waals surface area contributed by atoms with Crippen LogP contribution in [0.25, 0.3) is 0 Å². The second kappa shape index (κ2) is 7.41. The van der Waals surface area contributed by atoms with Gasteiger partial charge >= 0.3 is 0 Å². The molecule has 1 N–H and O–H groups in total. The lowest BCUT2D eigenvalue weighted by molar-refractivity contribution is 0.317. The van der Waals surface area contributed by atoms with E-state index in [0.29, 0.717) is 11.6 Å². The monoisotopic (exact) mass is 309 g/mol. The van der Waals surface area contributed by atoms with E-state index in [2.05, 4.69) is 12.2 Å². The largest absolute Gasteiger partial charge is 0.492 e. The van der Waals surface area contributed by atoms with Crippen LogP contribution in [0.15, 0.2) is 42.5 Å². The third kappa shape index (κ3) is 4.32. The molecule has 0 amide bonds. The summed E-state index contributed by atoms with van der Waals surface area (Å²) in [7, 11) is 0. The van der Waals surface area contributed by atoms with Gasteiger partial charge in [-0.15, -0.1) is 0 Å². The first-order valence-corrected chi connectivity index (χ1v) is 7.35. The maximum Gasteiger partial charge on any atom is 0.138 e. The Morgan fingerprint density at radius 1 is 1.05 bits per heavy atom. The van der Waals surface area contributed by atoms with Crippen molar-refractivity contribution < 1.29 is 4.74 Å². The molecule has 106 valence electrons. The first-order chi connectivity index (χ1) is 9.69. The van der Waals surface area contributed by atoms with Crippen molar-refractivity contribution in [1.29, 1.82) is 0 Å². The van der Waals surface area contributed by atoms with Gasteiger partial charge in [0.2, 0.25) is 0 Å². The fraction of sp³-hybridized carbons (Fsp3) is 0.250. The second-order valence-corrected chi connectivity index (χ2v) is 5.32. The predicted octanol–water partition coefficient (Wildman–Crippen LogP) is 5.39. The number of hydrogen-bond acceptors (Lipinski definition) is 2. The molecule has 0 aliphatic rings. The Balaban J connectivity index is 1.96. The highest BCUT2D eigenvalue weighted by atomic mass is 35.5. The van der Waals surface area contributed by atoms with Gasteiger partial charge in [-0.25, -0.2) is 0 Å². The van der Waals surface area contributed by atoms with E-state index < -0.39 is 0 Å². The minimum atomic E-state index is 0.625. The average molecular weight is 310 g/mol. The first-order valence-electron chi connectivity index (χ1n) is 6.59. The fourth-order valence-corrected chi connectivity index (χ4v) is 2.11. The molecule has 0 bridgehead atoms. The predicted molar refractivity (Wildman–Crippen MR) is 86.0 cm³/mol. The lowest BCUT2D eigenvalue weighted by atomic mass is 10.2. The molecule has 0 saturated heterocycles. The lowest BCUT2D eigenvalue weighted by Crippen LogP contribution is -2.00. The molecule has 0 heterocycles. The number of nitrogens with one attached hydrogen (secondary N) is 1. The van der Waals surface area contributed by atoms with Crippen LogP contribution in [-0.4, -0.2) is 6.61 Å². The van der Waals surface area contributed by atoms with Crippen LogP contribution >= 0.6 is 23.2 Å². The molecule has 0 atom stereocenters. The molecule has 0 saturated carbocycles. The van der Waals surface area contributed by atoms with Gasteiger partial charge in [-0.1, -0.05) is 42.3 Å². The van der Waals surface area contributed by atoms with E-state index >= 15 is 0 Å². The van der Waals surface area contributed by atoms with Crippen LogP contribution in [-0.2, 0) is 6.54 Å². The van der Waals surface area contributed by atoms with Crippen LogP contribution < -0.4 is 10.1 Å². The summed E-state index contributed by atoms with van der Waals surface area (Å²) in [6, 6.07) is 13.5. The zero-order valence-corrected chi connectivity index (χ0v) is 12.8. The number of hydrogen-bond donors (Lipinski definition) is 1. The minimum absolute atomic E-state index is 0.625. The summed E-state index contributed by atoms with van der Waals surface area (Å²) >= 11 is 12.0. The molecule has 0 radical (unpaired) electrons. The summed E-state index contributed by atoms with van der Waals surface area (Å²) in [6.07, 6.45) is 0.965. The summed E-state index contributed by atoms with van der Waals surface area (Å²) in [6.45, 7) is 3.47. The quantitative estimate of drug-likeness (QED) is 0.772. The van der Waals surface area contributed by atoms with Gasteiger partial charge in [0.25, 0.3) is 0 Å². The highest BCUT2D eigenvalue weighted by Gasteiger charge is 2.03. The summed E-state index contributed by atoms with van der Waals surface area (Å²) < 4.78 is 5.54. The highest BCUT2D eigenvalue weighted by molar-refractivity contribution is 6.32. The number of ether oxygens (including phenoxy) is 1. The van der Waals surface area contributed by atoms with E-state index in [-0.39, 0.29) is 0 Å². The zero-order valence-electron chi connectivity index (χ0n) is 11.3. The molecule has 0 unspecified atom stereocenters. The zero-order chi connectivity index (χ0) is 14.4. The first kappa shape index (κ1) is 15.0. The molecule has 0 aromatic heterocycles. The number of rotatable bonds is 6. The summed E-state index contributed by atoms with van der Waals surface area (Å²) in [4.78, 5) is 0. The molecule has 2 aromatic rings. The molecule has 2 rings (SSSR count). The van der Waals surface area contributed by atoms with Crippen molar-refractivity contribution in [2.24, 2.45) is 0 Å². The van der Waals surface area contributed by atoms with Crippen molar-refractivity contribution in [3.63, 3.8) is 0 Å². The van der Waals surface area contributed by atoms with Gasteiger partial charge < -0.3 is 10.1 Å². The van der Waals surface area contributed by atoms with Crippen molar-refractivity contribution in [3.05, 3.63) is 58.1 Å². The summed E-state index contributed by atoms with van der Waals surface area (Å²) in [5.74, 6) is 0.727. The Morgan fingerprint density at radius 2 is 1.80 bits per heavy atom. The minimum Gasteiger partial charge on any atom is -0.492 e. The van der Waals surface area contributed by atoms with E-state index in [1.54, 1.807) is 0 Å². The molecule has 2 aromatic carbocycles. The average Bonchev–Trinajstić information content (AvgIpc) is 2.46. The third-order valence-electron chi connectivity index (χ3n) is 2.80. The molecule has 0 aliphatic heterocycles. The fourth-order valence-electron chi connectivity index (χ4n) is 1.75. The Morgan fingerprint density at radius 3 is 2.45 bits per heavy atom. The molecular formula is C16H17Cl2NO. The Kier molecular flexibility index (Phi) is 5.57. The third-order valence-corrected chi connectivity index (χ3v) is 3.35. The molecule has 0 aliphatic carbocycles.